The topological polar surface area (TPSA) is 6.48 Å². The van der Waals surface area contributed by atoms with Crippen molar-refractivity contribution in [1.29, 1.82) is 0 Å². The first kappa shape index (κ1) is 47.2. The fraction of sp³-hybridized carbons (Fsp3) is 0.571. The molecular weight excluding hydrogens is 701 g/mol. The molecule has 0 amide bonds. The molecule has 0 saturated heterocycles. The van der Waals surface area contributed by atoms with Crippen molar-refractivity contribution in [2.24, 2.45) is 0 Å². The summed E-state index contributed by atoms with van der Waals surface area (Å²) in [5.74, 6) is 0. The minimum absolute atomic E-state index is 0.0621. The number of hydrogen-bond acceptors (Lipinski definition) is 2. The van der Waals surface area contributed by atoms with Gasteiger partial charge >= 0.3 is 0 Å². The molecule has 0 aliphatic heterocycles. The van der Waals surface area contributed by atoms with E-state index in [1.807, 2.05) is 0 Å². The Labute approximate surface area is 358 Å². The average Bonchev–Trinajstić information content (AvgIpc) is 3.03. The molecular formula is C56H84N2. The average molecular weight is 785 g/mol. The Morgan fingerprint density at radius 3 is 0.379 bits per heavy atom. The number of anilines is 4. The molecule has 4 aromatic rings. The molecule has 0 radical (unpaired) electrons. The van der Waals surface area contributed by atoms with Gasteiger partial charge in [0.1, 0.15) is 0 Å². The molecule has 0 bridgehead atoms. The lowest BCUT2D eigenvalue weighted by molar-refractivity contribution is 0.565. The van der Waals surface area contributed by atoms with Crippen LogP contribution in [0.15, 0.2) is 72.8 Å². The van der Waals surface area contributed by atoms with E-state index in [2.05, 4.69) is 249 Å². The van der Waals surface area contributed by atoms with E-state index in [1.54, 1.807) is 0 Å². The summed E-state index contributed by atoms with van der Waals surface area (Å²) in [5, 5.41) is 5.16. The second-order valence-electron chi connectivity index (χ2n) is 25.7. The molecule has 2 nitrogen and oxygen atoms in total. The van der Waals surface area contributed by atoms with Crippen LogP contribution in [0.25, 0.3) is 0 Å². The number of rotatable bonds is 5. The van der Waals surface area contributed by atoms with Gasteiger partial charge in [0.2, 0.25) is 0 Å². The predicted octanol–water partition coefficient (Wildman–Crippen LogP) is 17.0. The summed E-state index contributed by atoms with van der Waals surface area (Å²) in [7, 11) is 0. The molecule has 0 unspecified atom stereocenters. The van der Waals surface area contributed by atoms with Crippen molar-refractivity contribution in [3.8, 4) is 0 Å². The number of hydrazine groups is 1. The lowest BCUT2D eigenvalue weighted by atomic mass is 9.79. The van der Waals surface area contributed by atoms with Crippen LogP contribution in [-0.4, -0.2) is 0 Å². The molecule has 318 valence electrons. The molecule has 4 rings (SSSR count). The van der Waals surface area contributed by atoms with Crippen LogP contribution >= 0.6 is 0 Å². The van der Waals surface area contributed by atoms with Crippen LogP contribution in [0, 0.1) is 0 Å². The largest absolute Gasteiger partial charge is 0.249 e. The van der Waals surface area contributed by atoms with Crippen molar-refractivity contribution in [2.45, 2.75) is 209 Å². The zero-order valence-electron chi connectivity index (χ0n) is 41.8. The molecule has 0 saturated carbocycles. The summed E-state index contributed by atoms with van der Waals surface area (Å²) < 4.78 is 0. The van der Waals surface area contributed by atoms with Crippen molar-refractivity contribution in [1.82, 2.24) is 0 Å². The van der Waals surface area contributed by atoms with Gasteiger partial charge < -0.3 is 0 Å². The lowest BCUT2D eigenvalue weighted by Gasteiger charge is -2.42. The summed E-state index contributed by atoms with van der Waals surface area (Å²) in [6, 6.07) is 29.6. The Balaban J connectivity index is 2.44. The van der Waals surface area contributed by atoms with Crippen LogP contribution in [0.2, 0.25) is 0 Å². The molecule has 0 aliphatic carbocycles. The Hall–Kier alpha value is -3.52. The molecule has 0 heterocycles. The van der Waals surface area contributed by atoms with Gasteiger partial charge in [-0.2, -0.15) is 0 Å². The SMILES string of the molecule is CC(C)(C)c1cc(N(c2cc(C(C)(C)C)cc(C(C)(C)C)c2)N(c2cc(C(C)(C)C)cc(C(C)(C)C)c2)c2cc(C(C)(C)C)cc(C(C)(C)C)c2)cc(C(C)(C)C)c1. The van der Waals surface area contributed by atoms with Gasteiger partial charge in [-0.05, 0) is 136 Å². The Kier molecular flexibility index (Phi) is 12.3. The van der Waals surface area contributed by atoms with Crippen LogP contribution in [0.1, 0.15) is 211 Å². The van der Waals surface area contributed by atoms with Crippen LogP contribution in [-0.2, 0) is 43.3 Å². The molecule has 0 N–H and O–H groups in total. The smallest absolute Gasteiger partial charge is 0.0642 e. The van der Waals surface area contributed by atoms with Gasteiger partial charge in [0, 0.05) is 0 Å². The second-order valence-corrected chi connectivity index (χ2v) is 25.7. The third-order valence-corrected chi connectivity index (χ3v) is 11.8. The highest BCUT2D eigenvalue weighted by molar-refractivity contribution is 5.80. The Bertz CT molecular complexity index is 1650. The van der Waals surface area contributed by atoms with Crippen molar-refractivity contribution >= 4 is 22.7 Å². The first-order chi connectivity index (χ1) is 25.8. The van der Waals surface area contributed by atoms with E-state index in [-0.39, 0.29) is 43.3 Å². The van der Waals surface area contributed by atoms with E-state index in [9.17, 15) is 0 Å². The van der Waals surface area contributed by atoms with Gasteiger partial charge in [-0.15, -0.1) is 0 Å². The molecule has 0 spiro atoms. The van der Waals surface area contributed by atoms with E-state index in [4.69, 9.17) is 0 Å². The maximum absolute atomic E-state index is 2.58. The maximum Gasteiger partial charge on any atom is 0.0642 e. The number of nitrogens with zero attached hydrogens (tertiary/aromatic N) is 2. The van der Waals surface area contributed by atoms with E-state index in [0.29, 0.717) is 0 Å². The minimum atomic E-state index is -0.0621. The van der Waals surface area contributed by atoms with Crippen LogP contribution < -0.4 is 10.0 Å². The minimum Gasteiger partial charge on any atom is -0.249 e. The van der Waals surface area contributed by atoms with Crippen LogP contribution in [0.3, 0.4) is 0 Å². The van der Waals surface area contributed by atoms with Crippen molar-refractivity contribution in [3.63, 3.8) is 0 Å². The Morgan fingerprint density at radius 1 is 0.190 bits per heavy atom. The number of hydrogen-bond donors (Lipinski definition) is 0. The fourth-order valence-corrected chi connectivity index (χ4v) is 7.16. The van der Waals surface area contributed by atoms with Crippen LogP contribution in [0.5, 0.6) is 0 Å². The summed E-state index contributed by atoms with van der Waals surface area (Å²) in [4.78, 5) is 0. The van der Waals surface area contributed by atoms with Crippen molar-refractivity contribution in [2.75, 3.05) is 10.0 Å². The second kappa shape index (κ2) is 15.2. The first-order valence-corrected chi connectivity index (χ1v) is 22.0. The fourth-order valence-electron chi connectivity index (χ4n) is 7.16. The van der Waals surface area contributed by atoms with Gasteiger partial charge in [-0.3, -0.25) is 0 Å². The zero-order valence-corrected chi connectivity index (χ0v) is 41.8. The van der Waals surface area contributed by atoms with E-state index in [1.165, 1.54) is 67.3 Å². The maximum atomic E-state index is 2.58. The highest BCUT2D eigenvalue weighted by atomic mass is 15.6. The van der Waals surface area contributed by atoms with Crippen LogP contribution in [0.4, 0.5) is 22.7 Å². The van der Waals surface area contributed by atoms with E-state index >= 15 is 0 Å². The summed E-state index contributed by atoms with van der Waals surface area (Å²) in [6.45, 7) is 56.4. The summed E-state index contributed by atoms with van der Waals surface area (Å²) in [6.07, 6.45) is 0. The molecule has 0 aliphatic rings. The van der Waals surface area contributed by atoms with Crippen molar-refractivity contribution in [3.05, 3.63) is 117 Å². The van der Waals surface area contributed by atoms with Gasteiger partial charge in [0.15, 0.2) is 0 Å². The molecule has 0 fully saturated rings. The standard InChI is InChI=1S/C56H84N2/c1-49(2,3)37-25-38(50(4,5)6)30-45(29-37)57(46-31-39(51(7,8)9)26-40(32-46)52(10,11)12)58(47-33-41(53(13,14)15)27-42(34-47)54(16,17)18)48-35-43(55(19,20)21)28-44(36-48)56(22,23)24/h25-36H,1-24H3. The molecule has 0 atom stereocenters. The highest BCUT2D eigenvalue weighted by Gasteiger charge is 2.33. The zero-order chi connectivity index (χ0) is 44.6. The molecule has 0 aromatic heterocycles. The summed E-state index contributed by atoms with van der Waals surface area (Å²) in [5.41, 5.74) is 14.8. The monoisotopic (exact) mass is 785 g/mol. The number of benzene rings is 4. The predicted molar refractivity (Wildman–Crippen MR) is 260 cm³/mol. The Morgan fingerprint density at radius 2 is 0.293 bits per heavy atom. The van der Waals surface area contributed by atoms with E-state index in [0.717, 1.165) is 0 Å². The lowest BCUT2D eigenvalue weighted by Crippen LogP contribution is -2.38. The van der Waals surface area contributed by atoms with Gasteiger partial charge in [-0.25, -0.2) is 10.0 Å². The molecule has 2 heteroatoms. The third kappa shape index (κ3) is 11.0. The normalized spacial score (nSPS) is 13.9. The molecule has 58 heavy (non-hydrogen) atoms. The summed E-state index contributed by atoms with van der Waals surface area (Å²) >= 11 is 0. The molecule has 4 aromatic carbocycles. The van der Waals surface area contributed by atoms with Gasteiger partial charge in [0.25, 0.3) is 0 Å². The first-order valence-electron chi connectivity index (χ1n) is 22.0. The van der Waals surface area contributed by atoms with Crippen molar-refractivity contribution < 1.29 is 0 Å². The third-order valence-electron chi connectivity index (χ3n) is 11.8. The van der Waals surface area contributed by atoms with E-state index < -0.39 is 0 Å². The van der Waals surface area contributed by atoms with Gasteiger partial charge in [0.05, 0.1) is 22.7 Å². The highest BCUT2D eigenvalue weighted by Crippen LogP contribution is 2.46. The van der Waals surface area contributed by atoms with Gasteiger partial charge in [-0.1, -0.05) is 190 Å². The quantitative estimate of drug-likeness (QED) is 0.186.